The number of carbonyl (C=O) groups is 1. The van der Waals surface area contributed by atoms with Crippen LogP contribution >= 0.6 is 0 Å². The summed E-state index contributed by atoms with van der Waals surface area (Å²) in [5.74, 6) is 0.889. The van der Waals surface area contributed by atoms with Crippen molar-refractivity contribution in [3.8, 4) is 5.75 Å². The van der Waals surface area contributed by atoms with Gasteiger partial charge in [0.1, 0.15) is 5.75 Å². The van der Waals surface area contributed by atoms with Gasteiger partial charge in [-0.15, -0.1) is 0 Å². The average Bonchev–Trinajstić information content (AvgIpc) is 3.18. The van der Waals surface area contributed by atoms with Crippen molar-refractivity contribution in [2.75, 3.05) is 39.3 Å². The zero-order valence-electron chi connectivity index (χ0n) is 15.4. The summed E-state index contributed by atoms with van der Waals surface area (Å²) in [6, 6.07) is 8.89. The lowest BCUT2D eigenvalue weighted by molar-refractivity contribution is 0.109. The minimum absolute atomic E-state index is 0.0707. The van der Waals surface area contributed by atoms with Crippen molar-refractivity contribution in [1.82, 2.24) is 15.1 Å². The van der Waals surface area contributed by atoms with Crippen LogP contribution in [0, 0.1) is 6.92 Å². The number of rotatable bonds is 6. The molecule has 1 saturated heterocycles. The molecule has 1 aliphatic heterocycles. The van der Waals surface area contributed by atoms with Gasteiger partial charge in [0.2, 0.25) is 0 Å². The van der Waals surface area contributed by atoms with E-state index < -0.39 is 0 Å². The second-order valence-corrected chi connectivity index (χ2v) is 7.21. The van der Waals surface area contributed by atoms with Crippen molar-refractivity contribution < 1.29 is 9.53 Å². The van der Waals surface area contributed by atoms with E-state index in [4.69, 9.17) is 4.74 Å². The van der Waals surface area contributed by atoms with Crippen LogP contribution in [0.4, 0.5) is 4.79 Å². The number of piperazine rings is 1. The number of nitrogens with zero attached hydrogens (tertiary/aromatic N) is 2. The normalized spacial score (nSPS) is 19.2. The summed E-state index contributed by atoms with van der Waals surface area (Å²) in [6.45, 7) is 7.09. The number of benzene rings is 1. The van der Waals surface area contributed by atoms with Gasteiger partial charge in [-0.3, -0.25) is 4.90 Å². The molecule has 0 spiro atoms. The van der Waals surface area contributed by atoms with Crippen molar-refractivity contribution in [1.29, 1.82) is 0 Å². The first-order valence-corrected chi connectivity index (χ1v) is 9.69. The van der Waals surface area contributed by atoms with E-state index in [9.17, 15) is 4.79 Å². The highest BCUT2D eigenvalue weighted by Gasteiger charge is 2.27. The minimum Gasteiger partial charge on any atom is -0.494 e. The molecule has 0 unspecified atom stereocenters. The highest BCUT2D eigenvalue weighted by molar-refractivity contribution is 5.74. The number of nitrogens with one attached hydrogen (secondary N) is 1. The predicted octanol–water partition coefficient (Wildman–Crippen LogP) is 3.03. The number of ether oxygens (including phenoxy) is 1. The van der Waals surface area contributed by atoms with E-state index in [-0.39, 0.29) is 6.03 Å². The van der Waals surface area contributed by atoms with E-state index in [0.29, 0.717) is 13.2 Å². The van der Waals surface area contributed by atoms with Gasteiger partial charge in [0.15, 0.2) is 0 Å². The molecule has 1 aromatic rings. The van der Waals surface area contributed by atoms with E-state index in [1.807, 2.05) is 29.2 Å². The van der Waals surface area contributed by atoms with Gasteiger partial charge in [0.05, 0.1) is 6.61 Å². The van der Waals surface area contributed by atoms with E-state index >= 15 is 0 Å². The molecule has 1 N–H and O–H groups in total. The molecule has 25 heavy (non-hydrogen) atoms. The van der Waals surface area contributed by atoms with Crippen molar-refractivity contribution >= 4 is 6.03 Å². The van der Waals surface area contributed by atoms with E-state index in [1.165, 1.54) is 31.2 Å². The molecular weight excluding hydrogens is 314 g/mol. The Labute approximate surface area is 151 Å². The first-order valence-electron chi connectivity index (χ1n) is 9.69. The molecule has 0 radical (unpaired) electrons. The summed E-state index contributed by atoms with van der Waals surface area (Å²) in [6.07, 6.45) is 6.24. The summed E-state index contributed by atoms with van der Waals surface area (Å²) < 4.78 is 5.69. The monoisotopic (exact) mass is 345 g/mol. The van der Waals surface area contributed by atoms with Crippen molar-refractivity contribution in [2.24, 2.45) is 0 Å². The van der Waals surface area contributed by atoms with E-state index in [1.54, 1.807) is 0 Å². The molecular formula is C20H31N3O2. The smallest absolute Gasteiger partial charge is 0.317 e. The van der Waals surface area contributed by atoms with Crippen LogP contribution in [-0.2, 0) is 0 Å². The number of aryl methyl sites for hydroxylation is 1. The van der Waals surface area contributed by atoms with Gasteiger partial charge >= 0.3 is 6.03 Å². The highest BCUT2D eigenvalue weighted by Crippen LogP contribution is 2.24. The van der Waals surface area contributed by atoms with Crippen LogP contribution in [-0.4, -0.2) is 61.2 Å². The van der Waals surface area contributed by atoms with Crippen LogP contribution < -0.4 is 10.1 Å². The first-order chi connectivity index (χ1) is 12.2. The topological polar surface area (TPSA) is 44.8 Å². The zero-order chi connectivity index (χ0) is 17.5. The Morgan fingerprint density at radius 2 is 1.80 bits per heavy atom. The van der Waals surface area contributed by atoms with Crippen molar-refractivity contribution in [3.05, 3.63) is 29.8 Å². The Hall–Kier alpha value is -1.75. The lowest BCUT2D eigenvalue weighted by atomic mass is 10.2. The average molecular weight is 345 g/mol. The van der Waals surface area contributed by atoms with Crippen LogP contribution in [0.25, 0.3) is 0 Å². The SMILES string of the molecule is Cc1ccc(OCCCNC(=O)N2CCN(C3CCCC3)CC2)cc1. The van der Waals surface area contributed by atoms with Crippen LogP contribution in [0.15, 0.2) is 24.3 Å². The molecule has 1 saturated carbocycles. The standard InChI is InChI=1S/C20H31N3O2/c1-17-7-9-19(10-8-17)25-16-4-11-21-20(24)23-14-12-22(13-15-23)18-5-2-3-6-18/h7-10,18H,2-6,11-16H2,1H3,(H,21,24). The molecule has 0 aromatic heterocycles. The maximum absolute atomic E-state index is 12.3. The quantitative estimate of drug-likeness (QED) is 0.806. The molecule has 138 valence electrons. The fourth-order valence-electron chi connectivity index (χ4n) is 3.76. The Kier molecular flexibility index (Phi) is 6.56. The third-order valence-electron chi connectivity index (χ3n) is 5.33. The summed E-state index contributed by atoms with van der Waals surface area (Å²) in [4.78, 5) is 16.8. The molecule has 1 heterocycles. The number of carbonyl (C=O) groups excluding carboxylic acids is 1. The van der Waals surface area contributed by atoms with Crippen LogP contribution in [0.3, 0.4) is 0 Å². The first kappa shape index (κ1) is 18.1. The van der Waals surface area contributed by atoms with E-state index in [0.717, 1.165) is 44.4 Å². The van der Waals surface area contributed by atoms with Gasteiger partial charge in [-0.2, -0.15) is 0 Å². The summed E-state index contributed by atoms with van der Waals surface area (Å²) in [5, 5.41) is 3.02. The third kappa shape index (κ3) is 5.36. The third-order valence-corrected chi connectivity index (χ3v) is 5.33. The summed E-state index contributed by atoms with van der Waals surface area (Å²) >= 11 is 0. The lowest BCUT2D eigenvalue weighted by Gasteiger charge is -2.38. The maximum atomic E-state index is 12.3. The number of hydrogen-bond acceptors (Lipinski definition) is 3. The molecule has 0 bridgehead atoms. The van der Waals surface area contributed by atoms with Gasteiger partial charge in [0.25, 0.3) is 0 Å². The Balaban J connectivity index is 1.27. The molecule has 3 rings (SSSR count). The summed E-state index contributed by atoms with van der Waals surface area (Å²) in [7, 11) is 0. The predicted molar refractivity (Wildman–Crippen MR) is 100 cm³/mol. The van der Waals surface area contributed by atoms with Crippen molar-refractivity contribution in [2.45, 2.75) is 45.1 Å². The van der Waals surface area contributed by atoms with Gasteiger partial charge in [-0.1, -0.05) is 30.5 Å². The van der Waals surface area contributed by atoms with Crippen LogP contribution in [0.2, 0.25) is 0 Å². The van der Waals surface area contributed by atoms with E-state index in [2.05, 4.69) is 17.1 Å². The minimum atomic E-state index is 0.0707. The van der Waals surface area contributed by atoms with Crippen LogP contribution in [0.5, 0.6) is 5.75 Å². The van der Waals surface area contributed by atoms with Crippen molar-refractivity contribution in [3.63, 3.8) is 0 Å². The maximum Gasteiger partial charge on any atom is 0.317 e. The van der Waals surface area contributed by atoms with Gasteiger partial charge in [-0.05, 0) is 38.3 Å². The van der Waals surface area contributed by atoms with Crippen LogP contribution in [0.1, 0.15) is 37.7 Å². The number of amides is 2. The Morgan fingerprint density at radius 1 is 1.12 bits per heavy atom. The molecule has 1 aliphatic carbocycles. The number of hydrogen-bond donors (Lipinski definition) is 1. The Morgan fingerprint density at radius 3 is 2.48 bits per heavy atom. The fourth-order valence-corrected chi connectivity index (χ4v) is 3.76. The second-order valence-electron chi connectivity index (χ2n) is 7.21. The molecule has 0 atom stereocenters. The van der Waals surface area contributed by atoms with Gasteiger partial charge < -0.3 is 15.0 Å². The van der Waals surface area contributed by atoms with Gasteiger partial charge in [-0.25, -0.2) is 4.79 Å². The highest BCUT2D eigenvalue weighted by atomic mass is 16.5. The molecule has 5 heteroatoms. The lowest BCUT2D eigenvalue weighted by Crippen LogP contribution is -2.53. The molecule has 5 nitrogen and oxygen atoms in total. The van der Waals surface area contributed by atoms with Gasteiger partial charge in [0, 0.05) is 38.8 Å². The Bertz CT molecular complexity index is 532. The molecule has 1 aromatic carbocycles. The zero-order valence-corrected chi connectivity index (χ0v) is 15.4. The number of urea groups is 1. The second kappa shape index (κ2) is 9.09. The molecule has 2 aliphatic rings. The largest absolute Gasteiger partial charge is 0.494 e. The fraction of sp³-hybridized carbons (Fsp3) is 0.650. The summed E-state index contributed by atoms with van der Waals surface area (Å²) in [5.41, 5.74) is 1.23. The molecule has 2 amide bonds. The molecule has 2 fully saturated rings.